The van der Waals surface area contributed by atoms with Crippen LogP contribution in [0.3, 0.4) is 0 Å². The highest BCUT2D eigenvalue weighted by Crippen LogP contribution is 2.21. The Labute approximate surface area is 154 Å². The molecule has 3 heterocycles. The van der Waals surface area contributed by atoms with Gasteiger partial charge in [-0.15, -0.1) is 0 Å². The van der Waals surface area contributed by atoms with Crippen LogP contribution in [0.5, 0.6) is 0 Å². The van der Waals surface area contributed by atoms with E-state index in [9.17, 15) is 8.42 Å². The number of hydrogen-bond donors (Lipinski definition) is 0. The SMILES string of the molecule is CCCS(=O)(=O)c1ncc(CN(C)Cc2ccco2)n1C[C@H]1CCCO1. The van der Waals surface area contributed by atoms with E-state index in [1.165, 1.54) is 0 Å². The predicted molar refractivity (Wildman–Crippen MR) is 97.4 cm³/mol. The van der Waals surface area contributed by atoms with Gasteiger partial charge in [0.05, 0.1) is 43.1 Å². The third-order valence-electron chi connectivity index (χ3n) is 4.50. The number of rotatable bonds is 9. The normalized spacial score (nSPS) is 18.0. The molecule has 0 aromatic carbocycles. The van der Waals surface area contributed by atoms with Crippen molar-refractivity contribution in [2.45, 2.75) is 57.1 Å². The summed E-state index contributed by atoms with van der Waals surface area (Å²) in [6, 6.07) is 3.79. The molecule has 2 aromatic rings. The van der Waals surface area contributed by atoms with Gasteiger partial charge in [0.25, 0.3) is 0 Å². The maximum Gasteiger partial charge on any atom is 0.227 e. The molecule has 1 fully saturated rings. The quantitative estimate of drug-likeness (QED) is 0.664. The minimum absolute atomic E-state index is 0.0499. The summed E-state index contributed by atoms with van der Waals surface area (Å²) in [4.78, 5) is 6.35. The summed E-state index contributed by atoms with van der Waals surface area (Å²) in [7, 11) is -1.41. The van der Waals surface area contributed by atoms with Crippen LogP contribution < -0.4 is 0 Å². The summed E-state index contributed by atoms with van der Waals surface area (Å²) in [6.45, 7) is 4.37. The highest BCUT2D eigenvalue weighted by atomic mass is 32.2. The van der Waals surface area contributed by atoms with Gasteiger partial charge in [0.15, 0.2) is 0 Å². The predicted octanol–water partition coefficient (Wildman–Crippen LogP) is 2.47. The van der Waals surface area contributed by atoms with Crippen LogP contribution in [0.15, 0.2) is 34.2 Å². The van der Waals surface area contributed by atoms with E-state index >= 15 is 0 Å². The molecule has 0 unspecified atom stereocenters. The summed E-state index contributed by atoms with van der Waals surface area (Å²) in [5.74, 6) is 0.980. The molecule has 2 aromatic heterocycles. The fourth-order valence-electron chi connectivity index (χ4n) is 3.31. The molecular weight excluding hydrogens is 354 g/mol. The van der Waals surface area contributed by atoms with Gasteiger partial charge >= 0.3 is 0 Å². The van der Waals surface area contributed by atoms with Crippen molar-refractivity contribution in [2.75, 3.05) is 19.4 Å². The molecule has 0 amide bonds. The summed E-state index contributed by atoms with van der Waals surface area (Å²) in [6.07, 6.45) is 5.92. The second-order valence-corrected chi connectivity index (χ2v) is 8.85. The number of nitrogens with zero attached hydrogens (tertiary/aromatic N) is 3. The molecule has 0 saturated carbocycles. The van der Waals surface area contributed by atoms with Crippen molar-refractivity contribution in [1.29, 1.82) is 0 Å². The van der Waals surface area contributed by atoms with Crippen LogP contribution >= 0.6 is 0 Å². The summed E-state index contributed by atoms with van der Waals surface area (Å²) >= 11 is 0. The van der Waals surface area contributed by atoms with E-state index in [-0.39, 0.29) is 17.0 Å². The van der Waals surface area contributed by atoms with Crippen LogP contribution in [0, 0.1) is 0 Å². The zero-order valence-corrected chi connectivity index (χ0v) is 16.2. The summed E-state index contributed by atoms with van der Waals surface area (Å²) in [5, 5.41) is 0.163. The van der Waals surface area contributed by atoms with E-state index < -0.39 is 9.84 Å². The van der Waals surface area contributed by atoms with Crippen molar-refractivity contribution >= 4 is 9.84 Å². The lowest BCUT2D eigenvalue weighted by Crippen LogP contribution is -2.25. The Morgan fingerprint density at radius 3 is 2.88 bits per heavy atom. The maximum absolute atomic E-state index is 12.6. The summed E-state index contributed by atoms with van der Waals surface area (Å²) < 4.78 is 38.2. The molecule has 1 saturated heterocycles. The molecular formula is C18H27N3O4S. The van der Waals surface area contributed by atoms with Gasteiger partial charge in [-0.25, -0.2) is 13.4 Å². The molecule has 0 bridgehead atoms. The molecule has 7 nitrogen and oxygen atoms in total. The van der Waals surface area contributed by atoms with Crippen molar-refractivity contribution in [3.05, 3.63) is 36.0 Å². The van der Waals surface area contributed by atoms with Gasteiger partial charge in [-0.3, -0.25) is 4.90 Å². The zero-order valence-electron chi connectivity index (χ0n) is 15.4. The third kappa shape index (κ3) is 4.55. The molecule has 1 aliphatic rings. The topological polar surface area (TPSA) is 77.6 Å². The van der Waals surface area contributed by atoms with Gasteiger partial charge in [0, 0.05) is 13.2 Å². The number of ether oxygens (including phenoxy) is 1. The number of sulfone groups is 1. The molecule has 3 rings (SSSR count). The van der Waals surface area contributed by atoms with Crippen molar-refractivity contribution in [3.8, 4) is 0 Å². The van der Waals surface area contributed by atoms with Crippen molar-refractivity contribution in [2.24, 2.45) is 0 Å². The average Bonchev–Trinajstić information content (AvgIpc) is 3.31. The Hall–Kier alpha value is -1.64. The standard InChI is InChI=1S/C18H27N3O4S/c1-3-10-26(22,23)18-19-11-15(21(18)14-17-7-5-9-25-17)12-20(2)13-16-6-4-8-24-16/h4,6,8,11,17H,3,5,7,9-10,12-14H2,1-2H3/t17-/m1/s1. The van der Waals surface area contributed by atoms with Crippen LogP contribution in [0.1, 0.15) is 37.6 Å². The van der Waals surface area contributed by atoms with Gasteiger partial charge in [0.2, 0.25) is 15.0 Å². The monoisotopic (exact) mass is 381 g/mol. The minimum Gasteiger partial charge on any atom is -0.468 e. The lowest BCUT2D eigenvalue weighted by atomic mass is 10.2. The first-order valence-electron chi connectivity index (χ1n) is 9.09. The van der Waals surface area contributed by atoms with Crippen molar-refractivity contribution in [3.63, 3.8) is 0 Å². The first kappa shape index (κ1) is 19.1. The van der Waals surface area contributed by atoms with Crippen LogP contribution in [0.25, 0.3) is 0 Å². The van der Waals surface area contributed by atoms with Crippen LogP contribution in [0.4, 0.5) is 0 Å². The molecule has 0 spiro atoms. The number of hydrogen-bond acceptors (Lipinski definition) is 6. The van der Waals surface area contributed by atoms with Crippen molar-refractivity contribution in [1.82, 2.24) is 14.5 Å². The molecule has 0 radical (unpaired) electrons. The van der Waals surface area contributed by atoms with E-state index in [1.54, 1.807) is 12.5 Å². The Morgan fingerprint density at radius 2 is 2.23 bits per heavy atom. The lowest BCUT2D eigenvalue weighted by Gasteiger charge is -2.19. The summed E-state index contributed by atoms with van der Waals surface area (Å²) in [5.41, 5.74) is 0.879. The molecule has 26 heavy (non-hydrogen) atoms. The highest BCUT2D eigenvalue weighted by Gasteiger charge is 2.26. The van der Waals surface area contributed by atoms with Gasteiger partial charge in [-0.1, -0.05) is 6.92 Å². The Morgan fingerprint density at radius 1 is 1.38 bits per heavy atom. The van der Waals surface area contributed by atoms with E-state index in [0.29, 0.717) is 26.1 Å². The van der Waals surface area contributed by atoms with E-state index in [4.69, 9.17) is 9.15 Å². The average molecular weight is 381 g/mol. The number of aromatic nitrogens is 2. The maximum atomic E-state index is 12.6. The second-order valence-electron chi connectivity index (χ2n) is 6.85. The highest BCUT2D eigenvalue weighted by molar-refractivity contribution is 7.91. The third-order valence-corrected chi connectivity index (χ3v) is 6.33. The Bertz CT molecular complexity index is 793. The first-order valence-corrected chi connectivity index (χ1v) is 10.7. The largest absolute Gasteiger partial charge is 0.468 e. The van der Waals surface area contributed by atoms with E-state index in [0.717, 1.165) is 30.9 Å². The fraction of sp³-hybridized carbons (Fsp3) is 0.611. The van der Waals surface area contributed by atoms with Crippen LogP contribution in [-0.4, -0.2) is 48.4 Å². The van der Waals surface area contributed by atoms with Gasteiger partial charge in [-0.2, -0.15) is 0 Å². The number of furan rings is 1. The Kier molecular flexibility index (Phi) is 6.16. The number of imidazole rings is 1. The zero-order chi connectivity index (χ0) is 18.6. The lowest BCUT2D eigenvalue weighted by molar-refractivity contribution is 0.0933. The molecule has 0 aliphatic carbocycles. The first-order chi connectivity index (χ1) is 12.5. The smallest absolute Gasteiger partial charge is 0.227 e. The van der Waals surface area contributed by atoms with Gasteiger partial charge < -0.3 is 13.7 Å². The fourth-order valence-corrected chi connectivity index (χ4v) is 4.78. The molecule has 1 atom stereocenters. The van der Waals surface area contributed by atoms with Gasteiger partial charge in [0.1, 0.15) is 5.76 Å². The van der Waals surface area contributed by atoms with Crippen LogP contribution in [0.2, 0.25) is 0 Å². The minimum atomic E-state index is -3.39. The van der Waals surface area contributed by atoms with Crippen LogP contribution in [-0.2, 0) is 34.2 Å². The molecule has 144 valence electrons. The second kappa shape index (κ2) is 8.37. The molecule has 8 heteroatoms. The van der Waals surface area contributed by atoms with Gasteiger partial charge in [-0.05, 0) is 38.4 Å². The van der Waals surface area contributed by atoms with Crippen molar-refractivity contribution < 1.29 is 17.6 Å². The van der Waals surface area contributed by atoms with E-state index in [2.05, 4.69) is 9.88 Å². The molecule has 0 N–H and O–H groups in total. The van der Waals surface area contributed by atoms with E-state index in [1.807, 2.05) is 30.7 Å². The molecule has 1 aliphatic heterocycles. The Balaban J connectivity index is 1.82.